The van der Waals surface area contributed by atoms with Crippen molar-refractivity contribution >= 4 is 6.09 Å². The molecule has 0 spiro atoms. The molecule has 1 aromatic heterocycles. The van der Waals surface area contributed by atoms with Crippen LogP contribution < -0.4 is 5.32 Å². The fourth-order valence-corrected chi connectivity index (χ4v) is 0.973. The second-order valence-corrected chi connectivity index (χ2v) is 2.81. The van der Waals surface area contributed by atoms with Crippen LogP contribution in [0, 0.1) is 0 Å². The number of hydrogen-bond acceptors (Lipinski definition) is 5. The minimum absolute atomic E-state index is 0.0227. The van der Waals surface area contributed by atoms with E-state index in [1.807, 2.05) is 0 Å². The van der Waals surface area contributed by atoms with Gasteiger partial charge in [-0.15, -0.1) is 5.10 Å². The Kier molecular flexibility index (Phi) is 5.16. The van der Waals surface area contributed by atoms with Crippen LogP contribution in [0.15, 0.2) is 12.4 Å². The molecule has 0 saturated carbocycles. The van der Waals surface area contributed by atoms with Crippen molar-refractivity contribution in [2.45, 2.75) is 13.0 Å². The number of aliphatic hydroxyl groups excluding tert-OH is 1. The Morgan fingerprint density at radius 3 is 3.13 bits per heavy atom. The summed E-state index contributed by atoms with van der Waals surface area (Å²) < 4.78 is 6.27. The van der Waals surface area contributed by atoms with Crippen molar-refractivity contribution in [3.63, 3.8) is 0 Å². The average molecular weight is 214 g/mol. The van der Waals surface area contributed by atoms with E-state index in [0.29, 0.717) is 13.1 Å². The molecular formula is C8H14N4O3. The lowest BCUT2D eigenvalue weighted by atomic mass is 10.4. The summed E-state index contributed by atoms with van der Waals surface area (Å²) in [7, 11) is 0. The summed E-state index contributed by atoms with van der Waals surface area (Å²) in [6, 6.07) is 0. The number of alkyl carbamates (subject to hydrolysis) is 1. The topological polar surface area (TPSA) is 89.3 Å². The molecule has 7 heteroatoms. The number of aliphatic hydroxyl groups is 1. The number of amides is 1. The standard InChI is InChI=1S/C8H14N4O3/c13-6-7-15-8(14)9-2-1-4-12-5-3-10-11-12/h3,5,13H,1-2,4,6-7H2,(H,9,14). The number of rotatable bonds is 6. The summed E-state index contributed by atoms with van der Waals surface area (Å²) in [4.78, 5) is 10.9. The first kappa shape index (κ1) is 11.4. The van der Waals surface area contributed by atoms with Gasteiger partial charge in [0.25, 0.3) is 0 Å². The summed E-state index contributed by atoms with van der Waals surface area (Å²) in [6.07, 6.45) is 3.59. The van der Waals surface area contributed by atoms with Gasteiger partial charge in [-0.1, -0.05) is 5.21 Å². The van der Waals surface area contributed by atoms with E-state index < -0.39 is 6.09 Å². The first-order valence-electron chi connectivity index (χ1n) is 4.68. The molecule has 7 nitrogen and oxygen atoms in total. The van der Waals surface area contributed by atoms with Crippen LogP contribution in [0.1, 0.15) is 6.42 Å². The Morgan fingerprint density at radius 2 is 2.47 bits per heavy atom. The molecule has 1 aromatic rings. The largest absolute Gasteiger partial charge is 0.447 e. The van der Waals surface area contributed by atoms with Crippen LogP contribution in [0.5, 0.6) is 0 Å². The third-order valence-corrected chi connectivity index (χ3v) is 1.63. The van der Waals surface area contributed by atoms with Crippen molar-refractivity contribution in [3.8, 4) is 0 Å². The van der Waals surface area contributed by atoms with Crippen LogP contribution in [-0.4, -0.2) is 46.0 Å². The van der Waals surface area contributed by atoms with Crippen molar-refractivity contribution in [2.24, 2.45) is 0 Å². The number of ether oxygens (including phenoxy) is 1. The highest BCUT2D eigenvalue weighted by molar-refractivity contribution is 5.66. The number of aromatic nitrogens is 3. The Balaban J connectivity index is 1.99. The zero-order chi connectivity index (χ0) is 10.9. The molecule has 0 fully saturated rings. The van der Waals surface area contributed by atoms with E-state index in [0.717, 1.165) is 6.42 Å². The van der Waals surface area contributed by atoms with E-state index in [1.165, 1.54) is 0 Å². The van der Waals surface area contributed by atoms with Gasteiger partial charge >= 0.3 is 6.09 Å². The zero-order valence-electron chi connectivity index (χ0n) is 8.30. The molecule has 1 amide bonds. The number of nitrogens with one attached hydrogen (secondary N) is 1. The van der Waals surface area contributed by atoms with E-state index in [-0.39, 0.29) is 13.2 Å². The maximum Gasteiger partial charge on any atom is 0.407 e. The molecule has 0 atom stereocenters. The molecule has 15 heavy (non-hydrogen) atoms. The van der Waals surface area contributed by atoms with Crippen LogP contribution in [0.2, 0.25) is 0 Å². The van der Waals surface area contributed by atoms with Gasteiger partial charge in [0.2, 0.25) is 0 Å². The molecule has 0 unspecified atom stereocenters. The minimum Gasteiger partial charge on any atom is -0.447 e. The van der Waals surface area contributed by atoms with Crippen LogP contribution in [0.3, 0.4) is 0 Å². The maximum atomic E-state index is 10.9. The average Bonchev–Trinajstić information content (AvgIpc) is 2.74. The Hall–Kier alpha value is -1.63. The maximum absolute atomic E-state index is 10.9. The number of hydrogen-bond donors (Lipinski definition) is 2. The fourth-order valence-electron chi connectivity index (χ4n) is 0.973. The van der Waals surface area contributed by atoms with Gasteiger partial charge in [0, 0.05) is 19.3 Å². The van der Waals surface area contributed by atoms with E-state index in [4.69, 9.17) is 5.11 Å². The van der Waals surface area contributed by atoms with Gasteiger partial charge < -0.3 is 15.2 Å². The molecule has 84 valence electrons. The predicted molar refractivity (Wildman–Crippen MR) is 51.1 cm³/mol. The van der Waals surface area contributed by atoms with Crippen molar-refractivity contribution in [3.05, 3.63) is 12.4 Å². The Labute approximate surface area is 87.0 Å². The summed E-state index contributed by atoms with van der Waals surface area (Å²) in [5, 5.41) is 18.4. The second-order valence-electron chi connectivity index (χ2n) is 2.81. The lowest BCUT2D eigenvalue weighted by molar-refractivity contribution is 0.119. The first-order chi connectivity index (χ1) is 7.33. The normalized spacial score (nSPS) is 9.93. The van der Waals surface area contributed by atoms with Gasteiger partial charge in [-0.25, -0.2) is 4.79 Å². The molecule has 1 rings (SSSR count). The number of carbonyl (C=O) groups is 1. The van der Waals surface area contributed by atoms with Crippen molar-refractivity contribution in [1.82, 2.24) is 20.3 Å². The smallest absolute Gasteiger partial charge is 0.407 e. The summed E-state index contributed by atoms with van der Waals surface area (Å²) in [6.45, 7) is 1.06. The zero-order valence-corrected chi connectivity index (χ0v) is 8.30. The van der Waals surface area contributed by atoms with Crippen LogP contribution >= 0.6 is 0 Å². The third-order valence-electron chi connectivity index (χ3n) is 1.63. The molecule has 0 aliphatic heterocycles. The monoisotopic (exact) mass is 214 g/mol. The van der Waals surface area contributed by atoms with Crippen LogP contribution in [0.4, 0.5) is 4.79 Å². The van der Waals surface area contributed by atoms with Crippen molar-refractivity contribution < 1.29 is 14.6 Å². The molecule has 0 saturated heterocycles. The quantitative estimate of drug-likeness (QED) is 0.616. The first-order valence-corrected chi connectivity index (χ1v) is 4.68. The van der Waals surface area contributed by atoms with Gasteiger partial charge in [0.05, 0.1) is 12.8 Å². The molecular weight excluding hydrogens is 200 g/mol. The van der Waals surface area contributed by atoms with Gasteiger partial charge in [0.15, 0.2) is 0 Å². The van der Waals surface area contributed by atoms with Gasteiger partial charge in [0.1, 0.15) is 6.61 Å². The summed E-state index contributed by atoms with van der Waals surface area (Å²) in [5.74, 6) is 0. The highest BCUT2D eigenvalue weighted by atomic mass is 16.6. The van der Waals surface area contributed by atoms with E-state index in [2.05, 4.69) is 20.4 Å². The van der Waals surface area contributed by atoms with Gasteiger partial charge in [-0.3, -0.25) is 4.68 Å². The molecule has 0 aliphatic rings. The number of carbonyl (C=O) groups excluding carboxylic acids is 1. The molecule has 0 aliphatic carbocycles. The lowest BCUT2D eigenvalue weighted by Gasteiger charge is -2.05. The molecule has 0 radical (unpaired) electrons. The second kappa shape index (κ2) is 6.77. The SMILES string of the molecule is O=C(NCCCn1ccnn1)OCCO. The summed E-state index contributed by atoms with van der Waals surface area (Å²) >= 11 is 0. The highest BCUT2D eigenvalue weighted by Gasteiger charge is 1.99. The van der Waals surface area contributed by atoms with Crippen LogP contribution in [-0.2, 0) is 11.3 Å². The number of nitrogens with zero attached hydrogens (tertiary/aromatic N) is 3. The molecule has 1 heterocycles. The number of aryl methyl sites for hydroxylation is 1. The Bertz CT molecular complexity index is 275. The van der Waals surface area contributed by atoms with Crippen molar-refractivity contribution in [2.75, 3.05) is 19.8 Å². The molecule has 0 aromatic carbocycles. The third kappa shape index (κ3) is 4.96. The van der Waals surface area contributed by atoms with E-state index >= 15 is 0 Å². The van der Waals surface area contributed by atoms with E-state index in [9.17, 15) is 4.79 Å². The lowest BCUT2D eigenvalue weighted by Crippen LogP contribution is -2.27. The van der Waals surface area contributed by atoms with Crippen LogP contribution in [0.25, 0.3) is 0 Å². The fraction of sp³-hybridized carbons (Fsp3) is 0.625. The van der Waals surface area contributed by atoms with E-state index in [1.54, 1.807) is 17.1 Å². The van der Waals surface area contributed by atoms with Gasteiger partial charge in [-0.2, -0.15) is 0 Å². The summed E-state index contributed by atoms with van der Waals surface area (Å²) in [5.41, 5.74) is 0. The minimum atomic E-state index is -0.511. The Morgan fingerprint density at radius 1 is 1.60 bits per heavy atom. The van der Waals surface area contributed by atoms with Gasteiger partial charge in [-0.05, 0) is 6.42 Å². The molecule has 0 bridgehead atoms. The highest BCUT2D eigenvalue weighted by Crippen LogP contribution is 1.86. The molecule has 2 N–H and O–H groups in total. The van der Waals surface area contributed by atoms with Crippen molar-refractivity contribution in [1.29, 1.82) is 0 Å². The predicted octanol–water partition coefficient (Wildman–Crippen LogP) is -0.613.